The van der Waals surface area contributed by atoms with E-state index in [1.807, 2.05) is 31.8 Å². The fourth-order valence-corrected chi connectivity index (χ4v) is 1.69. The Hall–Kier alpha value is -0.910. The summed E-state index contributed by atoms with van der Waals surface area (Å²) in [6, 6.07) is 1.96. The Labute approximate surface area is 96.3 Å². The summed E-state index contributed by atoms with van der Waals surface area (Å²) in [6.07, 6.45) is 1.76. The molecule has 5 nitrogen and oxygen atoms in total. The van der Waals surface area contributed by atoms with Gasteiger partial charge in [-0.2, -0.15) is 5.10 Å². The lowest BCUT2D eigenvalue weighted by Crippen LogP contribution is -2.38. The van der Waals surface area contributed by atoms with Crippen LogP contribution in [0.3, 0.4) is 0 Å². The highest BCUT2D eigenvalue weighted by atomic mass is 16.3. The van der Waals surface area contributed by atoms with Crippen molar-refractivity contribution in [3.8, 4) is 0 Å². The number of aromatic nitrogens is 2. The Morgan fingerprint density at radius 3 is 2.50 bits per heavy atom. The van der Waals surface area contributed by atoms with Crippen molar-refractivity contribution in [2.75, 3.05) is 26.8 Å². The zero-order valence-corrected chi connectivity index (χ0v) is 10.2. The molecule has 5 heteroatoms. The van der Waals surface area contributed by atoms with E-state index in [1.54, 1.807) is 6.20 Å². The zero-order chi connectivity index (χ0) is 12.2. The number of nitrogens with zero attached hydrogens (tertiary/aromatic N) is 3. The summed E-state index contributed by atoms with van der Waals surface area (Å²) in [6.45, 7) is 3.24. The topological polar surface area (TPSA) is 61.5 Å². The normalized spacial score (nSPS) is 12.4. The van der Waals surface area contributed by atoms with Gasteiger partial charge in [-0.3, -0.25) is 9.58 Å². The standard InChI is InChI=1S/C11H21N3O2/c1-11(8-15,9-16)7-13(2)6-10-4-5-12-14(10)3/h4-5,15-16H,6-9H2,1-3H3. The third-order valence-electron chi connectivity index (χ3n) is 2.77. The van der Waals surface area contributed by atoms with Gasteiger partial charge >= 0.3 is 0 Å². The van der Waals surface area contributed by atoms with E-state index < -0.39 is 5.41 Å². The van der Waals surface area contributed by atoms with Gasteiger partial charge in [-0.05, 0) is 13.1 Å². The molecule has 0 fully saturated rings. The van der Waals surface area contributed by atoms with Gasteiger partial charge in [-0.15, -0.1) is 0 Å². The average Bonchev–Trinajstić information content (AvgIpc) is 2.64. The minimum absolute atomic E-state index is 0.0147. The first kappa shape index (κ1) is 13.2. The van der Waals surface area contributed by atoms with Crippen molar-refractivity contribution >= 4 is 0 Å². The first-order chi connectivity index (χ1) is 7.50. The van der Waals surface area contributed by atoms with Crippen molar-refractivity contribution in [2.24, 2.45) is 12.5 Å². The van der Waals surface area contributed by atoms with E-state index in [2.05, 4.69) is 10.00 Å². The van der Waals surface area contributed by atoms with Gasteiger partial charge < -0.3 is 10.2 Å². The predicted octanol–water partition coefficient (Wildman–Crippen LogP) is -0.157. The van der Waals surface area contributed by atoms with Crippen LogP contribution in [-0.2, 0) is 13.6 Å². The van der Waals surface area contributed by atoms with Gasteiger partial charge in [0.05, 0.1) is 18.9 Å². The molecule has 0 unspecified atom stereocenters. The molecule has 16 heavy (non-hydrogen) atoms. The lowest BCUT2D eigenvalue weighted by molar-refractivity contribution is 0.0397. The molecule has 0 atom stereocenters. The first-order valence-corrected chi connectivity index (χ1v) is 5.38. The monoisotopic (exact) mass is 227 g/mol. The minimum Gasteiger partial charge on any atom is -0.396 e. The van der Waals surface area contributed by atoms with Crippen molar-refractivity contribution in [1.82, 2.24) is 14.7 Å². The maximum Gasteiger partial charge on any atom is 0.0520 e. The molecule has 0 radical (unpaired) electrons. The van der Waals surface area contributed by atoms with Crippen LogP contribution in [0.15, 0.2) is 12.3 Å². The Balaban J connectivity index is 2.53. The van der Waals surface area contributed by atoms with Crippen LogP contribution in [0.25, 0.3) is 0 Å². The molecule has 1 rings (SSSR count). The van der Waals surface area contributed by atoms with Gasteiger partial charge in [0, 0.05) is 31.7 Å². The maximum absolute atomic E-state index is 9.21. The highest BCUT2D eigenvalue weighted by Crippen LogP contribution is 2.16. The fourth-order valence-electron chi connectivity index (χ4n) is 1.69. The van der Waals surface area contributed by atoms with Crippen molar-refractivity contribution in [3.05, 3.63) is 18.0 Å². The van der Waals surface area contributed by atoms with Crippen molar-refractivity contribution in [2.45, 2.75) is 13.5 Å². The van der Waals surface area contributed by atoms with Crippen molar-refractivity contribution in [1.29, 1.82) is 0 Å². The molecule has 0 aliphatic rings. The predicted molar refractivity (Wildman–Crippen MR) is 61.8 cm³/mol. The molecule has 0 aliphatic carbocycles. The number of aliphatic hydroxyl groups excluding tert-OH is 2. The second-order valence-electron chi connectivity index (χ2n) is 4.75. The summed E-state index contributed by atoms with van der Waals surface area (Å²) < 4.78 is 1.83. The van der Waals surface area contributed by atoms with Crippen LogP contribution in [0.2, 0.25) is 0 Å². The van der Waals surface area contributed by atoms with Gasteiger partial charge in [-0.25, -0.2) is 0 Å². The second-order valence-corrected chi connectivity index (χ2v) is 4.75. The molecule has 0 amide bonds. The third kappa shape index (κ3) is 3.30. The van der Waals surface area contributed by atoms with Gasteiger partial charge in [0.2, 0.25) is 0 Å². The molecule has 1 aromatic rings. The Bertz CT molecular complexity index is 321. The van der Waals surface area contributed by atoms with E-state index in [4.69, 9.17) is 0 Å². The molecule has 1 heterocycles. The fraction of sp³-hybridized carbons (Fsp3) is 0.727. The molecule has 0 bridgehead atoms. The van der Waals surface area contributed by atoms with Crippen LogP contribution in [-0.4, -0.2) is 51.7 Å². The van der Waals surface area contributed by atoms with Crippen LogP contribution in [0.1, 0.15) is 12.6 Å². The molecular formula is C11H21N3O2. The van der Waals surface area contributed by atoms with Crippen LogP contribution in [0.4, 0.5) is 0 Å². The third-order valence-corrected chi connectivity index (χ3v) is 2.77. The van der Waals surface area contributed by atoms with Crippen LogP contribution in [0.5, 0.6) is 0 Å². The molecule has 1 aromatic heterocycles. The summed E-state index contributed by atoms with van der Waals surface area (Å²) >= 11 is 0. The van der Waals surface area contributed by atoms with Crippen LogP contribution < -0.4 is 0 Å². The van der Waals surface area contributed by atoms with Crippen molar-refractivity contribution in [3.63, 3.8) is 0 Å². The summed E-state index contributed by atoms with van der Waals surface area (Å²) in [4.78, 5) is 2.07. The molecule has 0 aromatic carbocycles. The van der Waals surface area contributed by atoms with E-state index in [0.717, 1.165) is 12.2 Å². The molecule has 0 spiro atoms. The molecule has 0 saturated carbocycles. The summed E-state index contributed by atoms with van der Waals surface area (Å²) in [5.41, 5.74) is 0.661. The van der Waals surface area contributed by atoms with E-state index >= 15 is 0 Å². The summed E-state index contributed by atoms with van der Waals surface area (Å²) in [7, 11) is 3.87. The lowest BCUT2D eigenvalue weighted by Gasteiger charge is -2.30. The van der Waals surface area contributed by atoms with E-state index in [9.17, 15) is 10.2 Å². The van der Waals surface area contributed by atoms with E-state index in [-0.39, 0.29) is 13.2 Å². The van der Waals surface area contributed by atoms with E-state index in [0.29, 0.717) is 6.54 Å². The lowest BCUT2D eigenvalue weighted by atomic mass is 9.92. The smallest absolute Gasteiger partial charge is 0.0520 e. The zero-order valence-electron chi connectivity index (χ0n) is 10.2. The van der Waals surface area contributed by atoms with Gasteiger partial charge in [-0.1, -0.05) is 6.92 Å². The van der Waals surface area contributed by atoms with Crippen LogP contribution in [0, 0.1) is 5.41 Å². The Kier molecular flexibility index (Phi) is 4.46. The summed E-state index contributed by atoms with van der Waals surface area (Å²) in [5, 5.41) is 22.5. The number of aryl methyl sites for hydroxylation is 1. The average molecular weight is 227 g/mol. The maximum atomic E-state index is 9.21. The van der Waals surface area contributed by atoms with Gasteiger partial charge in [0.15, 0.2) is 0 Å². The quantitative estimate of drug-likeness (QED) is 0.709. The largest absolute Gasteiger partial charge is 0.396 e. The van der Waals surface area contributed by atoms with E-state index in [1.165, 1.54) is 0 Å². The van der Waals surface area contributed by atoms with Crippen LogP contribution >= 0.6 is 0 Å². The van der Waals surface area contributed by atoms with Gasteiger partial charge in [0.25, 0.3) is 0 Å². The minimum atomic E-state index is -0.451. The highest BCUT2D eigenvalue weighted by molar-refractivity contribution is 4.99. The number of hydrogen-bond donors (Lipinski definition) is 2. The number of aliphatic hydroxyl groups is 2. The molecule has 0 saturated heterocycles. The molecule has 2 N–H and O–H groups in total. The number of hydrogen-bond acceptors (Lipinski definition) is 4. The molecule has 0 aliphatic heterocycles. The molecular weight excluding hydrogens is 206 g/mol. The van der Waals surface area contributed by atoms with Crippen molar-refractivity contribution < 1.29 is 10.2 Å². The molecule has 92 valence electrons. The second kappa shape index (κ2) is 5.43. The Morgan fingerprint density at radius 1 is 1.44 bits per heavy atom. The summed E-state index contributed by atoms with van der Waals surface area (Å²) in [5.74, 6) is 0. The highest BCUT2D eigenvalue weighted by Gasteiger charge is 2.24. The SMILES string of the molecule is CN(Cc1ccnn1C)CC(C)(CO)CO. The van der Waals surface area contributed by atoms with Gasteiger partial charge in [0.1, 0.15) is 0 Å². The number of rotatable bonds is 6. The first-order valence-electron chi connectivity index (χ1n) is 5.38. The Morgan fingerprint density at radius 2 is 2.06 bits per heavy atom.